The van der Waals surface area contributed by atoms with Gasteiger partial charge in [0.2, 0.25) is 11.8 Å². The minimum atomic E-state index is -0.0551. The van der Waals surface area contributed by atoms with E-state index in [-0.39, 0.29) is 23.5 Å². The Morgan fingerprint density at radius 3 is 2.54 bits per heavy atom. The van der Waals surface area contributed by atoms with Crippen LogP contribution in [-0.4, -0.2) is 21.7 Å². The van der Waals surface area contributed by atoms with Crippen molar-refractivity contribution in [3.63, 3.8) is 0 Å². The molecule has 1 aromatic heterocycles. The molecule has 3 aromatic rings. The fraction of sp³-hybridized carbons (Fsp3) is 0.318. The monoisotopic (exact) mass is 377 g/mol. The summed E-state index contributed by atoms with van der Waals surface area (Å²) in [5.41, 5.74) is 6.75. The molecule has 2 aromatic carbocycles. The van der Waals surface area contributed by atoms with Gasteiger partial charge < -0.3 is 9.52 Å². The van der Waals surface area contributed by atoms with Crippen LogP contribution in [0.2, 0.25) is 0 Å². The predicted octanol–water partition coefficient (Wildman–Crippen LogP) is 4.48. The molecule has 0 saturated carbocycles. The molecule has 4 rings (SSSR count). The van der Waals surface area contributed by atoms with Crippen molar-refractivity contribution in [1.29, 1.82) is 0 Å². The third-order valence-corrected chi connectivity index (χ3v) is 5.30. The van der Waals surface area contributed by atoms with E-state index in [9.17, 15) is 9.90 Å². The van der Waals surface area contributed by atoms with Gasteiger partial charge in [-0.1, -0.05) is 26.3 Å². The minimum absolute atomic E-state index is 0.00723. The van der Waals surface area contributed by atoms with Crippen molar-refractivity contribution >= 4 is 22.7 Å². The summed E-state index contributed by atoms with van der Waals surface area (Å²) in [6.45, 7) is 4.19. The van der Waals surface area contributed by atoms with Gasteiger partial charge in [0.15, 0.2) is 5.58 Å². The van der Waals surface area contributed by atoms with Crippen LogP contribution in [0, 0.1) is 11.8 Å². The molecule has 0 spiro atoms. The summed E-state index contributed by atoms with van der Waals surface area (Å²) in [5, 5.41) is 13.8. The summed E-state index contributed by atoms with van der Waals surface area (Å²) < 4.78 is 5.95. The maximum Gasteiger partial charge on any atom is 0.243 e. The van der Waals surface area contributed by atoms with Crippen molar-refractivity contribution < 1.29 is 14.3 Å². The summed E-state index contributed by atoms with van der Waals surface area (Å²) in [6.07, 6.45) is 2.65. The number of amides is 1. The molecule has 6 heteroatoms. The number of phenolic OH excluding ortho intramolecular Hbond substituents is 1. The Bertz CT molecular complexity index is 1040. The molecule has 2 heterocycles. The first kappa shape index (κ1) is 18.2. The van der Waals surface area contributed by atoms with Crippen LogP contribution < -0.4 is 5.43 Å². The Kier molecular flexibility index (Phi) is 4.86. The molecule has 0 aliphatic carbocycles. The van der Waals surface area contributed by atoms with E-state index in [0.29, 0.717) is 11.5 Å². The highest BCUT2D eigenvalue weighted by atomic mass is 16.3. The number of hydrogen-bond donors (Lipinski definition) is 2. The summed E-state index contributed by atoms with van der Waals surface area (Å²) >= 11 is 0. The van der Waals surface area contributed by atoms with E-state index in [1.807, 2.05) is 18.2 Å². The molecule has 28 heavy (non-hydrogen) atoms. The SMILES string of the molecule is CCC[C@H]1C(=O)NN=C(c2ccc3nc(-c4ccc(O)cc4)oc3c2)[C@@H]1CC. The number of fused-ring (bicyclic) bond motifs is 1. The third-order valence-electron chi connectivity index (χ3n) is 5.30. The number of phenols is 1. The molecule has 2 N–H and O–H groups in total. The van der Waals surface area contributed by atoms with E-state index < -0.39 is 0 Å². The lowest BCUT2D eigenvalue weighted by molar-refractivity contribution is -0.126. The Labute approximate surface area is 163 Å². The van der Waals surface area contributed by atoms with Crippen molar-refractivity contribution in [3.8, 4) is 17.2 Å². The number of carbonyl (C=O) groups is 1. The van der Waals surface area contributed by atoms with E-state index in [4.69, 9.17) is 4.42 Å². The third kappa shape index (κ3) is 3.26. The molecule has 0 bridgehead atoms. The molecule has 0 fully saturated rings. The lowest BCUT2D eigenvalue weighted by Gasteiger charge is -2.30. The average molecular weight is 377 g/mol. The van der Waals surface area contributed by atoms with Gasteiger partial charge in [-0.2, -0.15) is 5.10 Å². The second kappa shape index (κ2) is 7.46. The van der Waals surface area contributed by atoms with Gasteiger partial charge in [0.1, 0.15) is 11.3 Å². The number of nitrogens with one attached hydrogen (secondary N) is 1. The van der Waals surface area contributed by atoms with E-state index in [1.54, 1.807) is 24.3 Å². The maximum absolute atomic E-state index is 12.3. The second-order valence-corrected chi connectivity index (χ2v) is 7.13. The number of aromatic nitrogens is 1. The first-order chi connectivity index (χ1) is 13.6. The fourth-order valence-corrected chi connectivity index (χ4v) is 3.87. The van der Waals surface area contributed by atoms with Gasteiger partial charge in [0, 0.05) is 23.0 Å². The molecule has 6 nitrogen and oxygen atoms in total. The van der Waals surface area contributed by atoms with Crippen LogP contribution in [0.4, 0.5) is 0 Å². The number of benzene rings is 2. The van der Waals surface area contributed by atoms with Crippen molar-refractivity contribution in [2.45, 2.75) is 33.1 Å². The standard InChI is InChI=1S/C22H23N3O3/c1-3-5-17-16(4-2)20(24-25-21(17)27)14-8-11-18-19(12-14)28-22(23-18)13-6-9-15(26)10-7-13/h6-12,16-17,26H,3-5H2,1-2H3,(H,25,27)/t16-,17-/m1/s1. The normalized spacial score (nSPS) is 19.5. The van der Waals surface area contributed by atoms with Crippen molar-refractivity contribution in [1.82, 2.24) is 10.4 Å². The van der Waals surface area contributed by atoms with Gasteiger partial charge in [-0.05, 0) is 49.2 Å². The molecule has 0 unspecified atom stereocenters. The topological polar surface area (TPSA) is 87.7 Å². The zero-order valence-corrected chi connectivity index (χ0v) is 16.0. The number of hydrogen-bond acceptors (Lipinski definition) is 5. The Morgan fingerprint density at radius 2 is 1.82 bits per heavy atom. The first-order valence-corrected chi connectivity index (χ1v) is 9.68. The van der Waals surface area contributed by atoms with Gasteiger partial charge in [-0.15, -0.1) is 0 Å². The summed E-state index contributed by atoms with van der Waals surface area (Å²) in [7, 11) is 0. The average Bonchev–Trinajstić information content (AvgIpc) is 3.13. The van der Waals surface area contributed by atoms with E-state index in [1.165, 1.54) is 0 Å². The van der Waals surface area contributed by atoms with Gasteiger partial charge in [0.25, 0.3) is 0 Å². The minimum Gasteiger partial charge on any atom is -0.508 e. The summed E-state index contributed by atoms with van der Waals surface area (Å²) in [5.74, 6) is 0.743. The molecular formula is C22H23N3O3. The van der Waals surface area contributed by atoms with Gasteiger partial charge in [-0.25, -0.2) is 10.4 Å². The molecule has 0 radical (unpaired) electrons. The number of hydrazone groups is 1. The lowest BCUT2D eigenvalue weighted by atomic mass is 9.79. The highest BCUT2D eigenvalue weighted by Gasteiger charge is 2.34. The summed E-state index contributed by atoms with van der Waals surface area (Å²) in [4.78, 5) is 16.8. The van der Waals surface area contributed by atoms with E-state index >= 15 is 0 Å². The smallest absolute Gasteiger partial charge is 0.243 e. The number of rotatable bonds is 5. The fourth-order valence-electron chi connectivity index (χ4n) is 3.87. The molecule has 0 saturated heterocycles. The number of oxazole rings is 1. The van der Waals surface area contributed by atoms with Crippen LogP contribution >= 0.6 is 0 Å². The van der Waals surface area contributed by atoms with Crippen LogP contribution in [0.25, 0.3) is 22.6 Å². The first-order valence-electron chi connectivity index (χ1n) is 9.68. The molecular weight excluding hydrogens is 354 g/mol. The Morgan fingerprint density at radius 1 is 1.07 bits per heavy atom. The highest BCUT2D eigenvalue weighted by Crippen LogP contribution is 2.31. The van der Waals surface area contributed by atoms with Crippen LogP contribution in [0.5, 0.6) is 5.75 Å². The molecule has 1 amide bonds. The van der Waals surface area contributed by atoms with Crippen LogP contribution in [0.15, 0.2) is 52.0 Å². The molecule has 1 aliphatic rings. The van der Waals surface area contributed by atoms with Crippen LogP contribution in [0.3, 0.4) is 0 Å². The Hall–Kier alpha value is -3.15. The number of aromatic hydroxyl groups is 1. The van der Waals surface area contributed by atoms with E-state index in [0.717, 1.165) is 41.6 Å². The summed E-state index contributed by atoms with van der Waals surface area (Å²) in [6, 6.07) is 12.6. The maximum atomic E-state index is 12.3. The lowest BCUT2D eigenvalue weighted by Crippen LogP contribution is -2.42. The largest absolute Gasteiger partial charge is 0.508 e. The van der Waals surface area contributed by atoms with Crippen molar-refractivity contribution in [2.24, 2.45) is 16.9 Å². The van der Waals surface area contributed by atoms with Crippen molar-refractivity contribution in [2.75, 3.05) is 0 Å². The van der Waals surface area contributed by atoms with E-state index in [2.05, 4.69) is 29.4 Å². The predicted molar refractivity (Wildman–Crippen MR) is 108 cm³/mol. The molecule has 1 aliphatic heterocycles. The van der Waals surface area contributed by atoms with Crippen molar-refractivity contribution in [3.05, 3.63) is 48.0 Å². The van der Waals surface area contributed by atoms with Crippen LogP contribution in [0.1, 0.15) is 38.7 Å². The van der Waals surface area contributed by atoms with Gasteiger partial charge in [0.05, 0.1) is 5.71 Å². The highest BCUT2D eigenvalue weighted by molar-refractivity contribution is 6.07. The van der Waals surface area contributed by atoms with Gasteiger partial charge in [-0.3, -0.25) is 4.79 Å². The zero-order chi connectivity index (χ0) is 19.7. The Balaban J connectivity index is 1.71. The number of nitrogens with zero attached hydrogens (tertiary/aromatic N) is 2. The van der Waals surface area contributed by atoms with Gasteiger partial charge >= 0.3 is 0 Å². The van der Waals surface area contributed by atoms with Crippen LogP contribution in [-0.2, 0) is 4.79 Å². The number of carbonyl (C=O) groups excluding carboxylic acids is 1. The second-order valence-electron chi connectivity index (χ2n) is 7.13. The zero-order valence-electron chi connectivity index (χ0n) is 16.0. The molecule has 144 valence electrons. The quantitative estimate of drug-likeness (QED) is 0.686. The molecule has 2 atom stereocenters.